The van der Waals surface area contributed by atoms with Crippen molar-refractivity contribution in [1.29, 1.82) is 5.26 Å². The molecule has 9 heavy (non-hydrogen) atoms. The average Bonchev–Trinajstić information content (AvgIpc) is 2.17. The SMILES string of the molecule is Bc1ccc(CC#N)s1. The Kier molecular flexibility index (Phi) is 1.91. The van der Waals surface area contributed by atoms with E-state index in [2.05, 4.69) is 6.07 Å². The summed E-state index contributed by atoms with van der Waals surface area (Å²) in [5.41, 5.74) is 0. The summed E-state index contributed by atoms with van der Waals surface area (Å²) in [6, 6.07) is 6.15. The quantitative estimate of drug-likeness (QED) is 0.500. The van der Waals surface area contributed by atoms with Crippen LogP contribution in [0.2, 0.25) is 0 Å². The van der Waals surface area contributed by atoms with Gasteiger partial charge in [-0.25, -0.2) is 0 Å². The second-order valence-corrected chi connectivity index (χ2v) is 3.22. The number of nitrogens with zero attached hydrogens (tertiary/aromatic N) is 1. The van der Waals surface area contributed by atoms with E-state index in [-0.39, 0.29) is 0 Å². The largest absolute Gasteiger partial charge is 0.198 e. The lowest BCUT2D eigenvalue weighted by molar-refractivity contribution is 1.32. The maximum absolute atomic E-state index is 8.29. The van der Waals surface area contributed by atoms with Gasteiger partial charge in [-0.05, 0) is 10.8 Å². The van der Waals surface area contributed by atoms with Crippen molar-refractivity contribution >= 4 is 24.0 Å². The highest BCUT2D eigenvalue weighted by atomic mass is 32.1. The molecule has 1 nitrogen and oxygen atoms in total. The first kappa shape index (κ1) is 6.38. The molecule has 1 rings (SSSR count). The molecule has 0 atom stereocenters. The molecule has 1 aromatic heterocycles. The lowest BCUT2D eigenvalue weighted by Crippen LogP contribution is -1.88. The van der Waals surface area contributed by atoms with E-state index in [4.69, 9.17) is 5.26 Å². The highest BCUT2D eigenvalue weighted by Gasteiger charge is 1.92. The van der Waals surface area contributed by atoms with Gasteiger partial charge in [0.2, 0.25) is 0 Å². The Morgan fingerprint density at radius 2 is 2.44 bits per heavy atom. The fourth-order valence-electron chi connectivity index (χ4n) is 0.658. The topological polar surface area (TPSA) is 23.8 Å². The summed E-state index contributed by atoms with van der Waals surface area (Å²) >= 11 is 1.69. The Bertz CT molecular complexity index is 235. The van der Waals surface area contributed by atoms with Gasteiger partial charge >= 0.3 is 0 Å². The number of hydrogen-bond donors (Lipinski definition) is 0. The van der Waals surface area contributed by atoms with Crippen LogP contribution < -0.4 is 4.78 Å². The molecule has 0 saturated carbocycles. The van der Waals surface area contributed by atoms with Crippen LogP contribution >= 0.6 is 11.3 Å². The van der Waals surface area contributed by atoms with Gasteiger partial charge in [-0.3, -0.25) is 0 Å². The molecule has 0 saturated heterocycles. The molecule has 0 aliphatic carbocycles. The molecule has 0 spiro atoms. The third-order valence-electron chi connectivity index (χ3n) is 1.05. The lowest BCUT2D eigenvalue weighted by atomic mass is 10.1. The van der Waals surface area contributed by atoms with Gasteiger partial charge in [0.1, 0.15) is 0 Å². The fraction of sp³-hybridized carbons (Fsp3) is 0.167. The van der Waals surface area contributed by atoms with Crippen LogP contribution in [0, 0.1) is 11.3 Å². The van der Waals surface area contributed by atoms with E-state index in [0.717, 1.165) is 4.88 Å². The van der Waals surface area contributed by atoms with Crippen molar-refractivity contribution in [3.63, 3.8) is 0 Å². The smallest absolute Gasteiger partial charge is 0.152 e. The third-order valence-corrected chi connectivity index (χ3v) is 2.05. The average molecular weight is 135 g/mol. The summed E-state index contributed by atoms with van der Waals surface area (Å²) in [7, 11) is 2.05. The Hall–Kier alpha value is -0.745. The summed E-state index contributed by atoms with van der Waals surface area (Å²) in [6.07, 6.45) is 0.554. The molecule has 44 valence electrons. The fourth-order valence-corrected chi connectivity index (χ4v) is 1.48. The third kappa shape index (κ3) is 1.58. The van der Waals surface area contributed by atoms with Crippen LogP contribution in [-0.2, 0) is 6.42 Å². The number of hydrogen-bond acceptors (Lipinski definition) is 2. The van der Waals surface area contributed by atoms with E-state index in [1.165, 1.54) is 4.78 Å². The second-order valence-electron chi connectivity index (χ2n) is 1.85. The maximum Gasteiger partial charge on any atom is 0.152 e. The molecule has 3 heteroatoms. The maximum atomic E-state index is 8.29. The van der Waals surface area contributed by atoms with Crippen molar-refractivity contribution in [3.8, 4) is 6.07 Å². The molecule has 0 amide bonds. The van der Waals surface area contributed by atoms with Crippen molar-refractivity contribution < 1.29 is 0 Å². The van der Waals surface area contributed by atoms with E-state index in [1.807, 2.05) is 20.0 Å². The molecule has 1 heterocycles. The zero-order valence-corrected chi connectivity index (χ0v) is 6.03. The predicted octanol–water partition coefficient (Wildman–Crippen LogP) is 0.0726. The molecule has 0 radical (unpaired) electrons. The zero-order valence-electron chi connectivity index (χ0n) is 5.22. The minimum Gasteiger partial charge on any atom is -0.198 e. The van der Waals surface area contributed by atoms with Crippen LogP contribution in [0.1, 0.15) is 4.88 Å². The van der Waals surface area contributed by atoms with Gasteiger partial charge in [-0.2, -0.15) is 16.6 Å². The molecule has 0 aliphatic rings. The van der Waals surface area contributed by atoms with E-state index >= 15 is 0 Å². The first-order valence-electron chi connectivity index (χ1n) is 2.75. The van der Waals surface area contributed by atoms with Crippen LogP contribution in [0.15, 0.2) is 12.1 Å². The first-order chi connectivity index (χ1) is 4.33. The summed E-state index contributed by atoms with van der Waals surface area (Å²) in [6.45, 7) is 0. The summed E-state index contributed by atoms with van der Waals surface area (Å²) < 4.78 is 1.28. The van der Waals surface area contributed by atoms with Crippen LogP contribution in [0.4, 0.5) is 0 Å². The lowest BCUT2D eigenvalue weighted by Gasteiger charge is -1.78. The van der Waals surface area contributed by atoms with Crippen molar-refractivity contribution in [1.82, 2.24) is 0 Å². The van der Waals surface area contributed by atoms with E-state index in [0.29, 0.717) is 6.42 Å². The van der Waals surface area contributed by atoms with Crippen molar-refractivity contribution in [2.45, 2.75) is 6.42 Å². The van der Waals surface area contributed by atoms with Crippen molar-refractivity contribution in [2.75, 3.05) is 0 Å². The minimum atomic E-state index is 0.554. The van der Waals surface area contributed by atoms with E-state index < -0.39 is 0 Å². The van der Waals surface area contributed by atoms with Gasteiger partial charge in [0.05, 0.1) is 12.5 Å². The van der Waals surface area contributed by atoms with Gasteiger partial charge < -0.3 is 0 Å². The summed E-state index contributed by atoms with van der Waals surface area (Å²) in [5.74, 6) is 0. The molecular weight excluding hydrogens is 129 g/mol. The molecule has 1 aromatic rings. The van der Waals surface area contributed by atoms with Crippen LogP contribution in [0.3, 0.4) is 0 Å². The number of thiophene rings is 1. The molecule has 0 aliphatic heterocycles. The standard InChI is InChI=1S/C6H6BNS/c7-6-2-1-5(9-6)3-4-8/h1-2H,3,7H2. The van der Waals surface area contributed by atoms with Crippen LogP contribution in [0.25, 0.3) is 0 Å². The monoisotopic (exact) mass is 135 g/mol. The Balaban J connectivity index is 2.76. The molecule has 0 N–H and O–H groups in total. The van der Waals surface area contributed by atoms with Gasteiger partial charge in [-0.1, -0.05) is 6.07 Å². The predicted molar refractivity (Wildman–Crippen MR) is 41.8 cm³/mol. The highest BCUT2D eigenvalue weighted by molar-refractivity contribution is 7.20. The zero-order chi connectivity index (χ0) is 6.69. The Morgan fingerprint density at radius 1 is 1.67 bits per heavy atom. The molecule has 0 aromatic carbocycles. The first-order valence-corrected chi connectivity index (χ1v) is 3.57. The number of nitriles is 1. The molecule has 0 unspecified atom stereocenters. The van der Waals surface area contributed by atoms with Crippen LogP contribution in [0.5, 0.6) is 0 Å². The normalized spacial score (nSPS) is 8.78. The van der Waals surface area contributed by atoms with Crippen LogP contribution in [-0.4, -0.2) is 7.85 Å². The Labute approximate surface area is 59.3 Å². The summed E-state index contributed by atoms with van der Waals surface area (Å²) in [4.78, 5) is 1.16. The molecule has 0 fully saturated rings. The Morgan fingerprint density at radius 3 is 2.89 bits per heavy atom. The molecule has 0 bridgehead atoms. The molecular formula is C6H6BNS. The van der Waals surface area contributed by atoms with Gasteiger partial charge in [-0.15, -0.1) is 0 Å². The minimum absolute atomic E-state index is 0.554. The second kappa shape index (κ2) is 2.70. The number of rotatable bonds is 1. The van der Waals surface area contributed by atoms with Gasteiger partial charge in [0.25, 0.3) is 0 Å². The van der Waals surface area contributed by atoms with Gasteiger partial charge in [0.15, 0.2) is 7.85 Å². The van der Waals surface area contributed by atoms with Crippen molar-refractivity contribution in [3.05, 3.63) is 17.0 Å². The summed E-state index contributed by atoms with van der Waals surface area (Å²) in [5, 5.41) is 8.29. The van der Waals surface area contributed by atoms with Crippen molar-refractivity contribution in [2.24, 2.45) is 0 Å². The van der Waals surface area contributed by atoms with Gasteiger partial charge in [0, 0.05) is 4.88 Å². The highest BCUT2D eigenvalue weighted by Crippen LogP contribution is 2.04. The van der Waals surface area contributed by atoms with E-state index in [1.54, 1.807) is 11.3 Å². The van der Waals surface area contributed by atoms with E-state index in [9.17, 15) is 0 Å².